The zero-order chi connectivity index (χ0) is 13.9. The zero-order valence-corrected chi connectivity index (χ0v) is 12.0. The van der Waals surface area contributed by atoms with Crippen LogP contribution in [0.15, 0.2) is 24.3 Å². The van der Waals surface area contributed by atoms with Crippen molar-refractivity contribution in [3.8, 4) is 0 Å². The lowest BCUT2D eigenvalue weighted by atomic mass is 10.1. The molecule has 1 aromatic rings. The Labute approximate surface area is 114 Å². The summed E-state index contributed by atoms with van der Waals surface area (Å²) in [5, 5.41) is 9.68. The number of aryl methyl sites for hydroxylation is 1. The lowest BCUT2D eigenvalue weighted by Crippen LogP contribution is -2.33. The molecule has 0 radical (unpaired) electrons. The third kappa shape index (κ3) is 4.03. The van der Waals surface area contributed by atoms with E-state index in [1.54, 1.807) is 0 Å². The lowest BCUT2D eigenvalue weighted by Gasteiger charge is -2.15. The van der Waals surface area contributed by atoms with Crippen molar-refractivity contribution in [3.63, 3.8) is 0 Å². The summed E-state index contributed by atoms with van der Waals surface area (Å²) in [4.78, 5) is 0. The first-order chi connectivity index (χ1) is 8.98. The second-order valence-corrected chi connectivity index (χ2v) is 7.10. The van der Waals surface area contributed by atoms with E-state index >= 15 is 0 Å². The highest BCUT2D eigenvalue weighted by molar-refractivity contribution is 7.88. The maximum absolute atomic E-state index is 12.0. The maximum atomic E-state index is 12.0. The molecule has 19 heavy (non-hydrogen) atoms. The molecule has 0 amide bonds. The second-order valence-electron chi connectivity index (χ2n) is 5.29. The largest absolute Gasteiger partial charge is 0.393 e. The normalized spacial score (nSPS) is 23.7. The predicted octanol–water partition coefficient (Wildman–Crippen LogP) is 1.58. The van der Waals surface area contributed by atoms with Crippen molar-refractivity contribution in [1.29, 1.82) is 0 Å². The predicted molar refractivity (Wildman–Crippen MR) is 75.2 cm³/mol. The monoisotopic (exact) mass is 283 g/mol. The molecule has 0 aliphatic heterocycles. The fraction of sp³-hybridized carbons (Fsp3) is 0.571. The first-order valence-electron chi connectivity index (χ1n) is 6.68. The molecule has 2 N–H and O–H groups in total. The molecule has 2 unspecified atom stereocenters. The Bertz CT molecular complexity index is 527. The molecule has 4 nitrogen and oxygen atoms in total. The van der Waals surface area contributed by atoms with Gasteiger partial charge in [0.15, 0.2) is 0 Å². The van der Waals surface area contributed by atoms with Gasteiger partial charge in [-0.1, -0.05) is 30.7 Å². The smallest absolute Gasteiger partial charge is 0.215 e. The van der Waals surface area contributed by atoms with Crippen LogP contribution in [-0.2, 0) is 15.8 Å². The summed E-state index contributed by atoms with van der Waals surface area (Å²) in [6.45, 7) is 2.25. The van der Waals surface area contributed by atoms with Gasteiger partial charge in [0.25, 0.3) is 0 Å². The van der Waals surface area contributed by atoms with E-state index in [2.05, 4.69) is 4.72 Å². The van der Waals surface area contributed by atoms with Crippen LogP contribution in [0.3, 0.4) is 0 Å². The van der Waals surface area contributed by atoms with Gasteiger partial charge in [0.05, 0.1) is 11.9 Å². The van der Waals surface area contributed by atoms with Crippen LogP contribution in [0.25, 0.3) is 0 Å². The van der Waals surface area contributed by atoms with Crippen molar-refractivity contribution in [2.75, 3.05) is 6.54 Å². The van der Waals surface area contributed by atoms with Crippen LogP contribution in [0.5, 0.6) is 0 Å². The number of hydrogen-bond donors (Lipinski definition) is 2. The second kappa shape index (κ2) is 6.03. The van der Waals surface area contributed by atoms with Crippen LogP contribution < -0.4 is 4.72 Å². The van der Waals surface area contributed by atoms with Crippen LogP contribution in [0, 0.1) is 12.8 Å². The fourth-order valence-corrected chi connectivity index (χ4v) is 3.82. The summed E-state index contributed by atoms with van der Waals surface area (Å²) in [6.07, 6.45) is 2.30. The Morgan fingerprint density at radius 1 is 1.32 bits per heavy atom. The highest BCUT2D eigenvalue weighted by Crippen LogP contribution is 2.25. The molecule has 1 aliphatic carbocycles. The average molecular weight is 283 g/mol. The van der Waals surface area contributed by atoms with Crippen LogP contribution >= 0.6 is 0 Å². The highest BCUT2D eigenvalue weighted by atomic mass is 32.2. The number of rotatable bonds is 5. The summed E-state index contributed by atoms with van der Waals surface area (Å²) in [6, 6.07) is 7.48. The van der Waals surface area contributed by atoms with Gasteiger partial charge in [-0.05, 0) is 36.8 Å². The minimum Gasteiger partial charge on any atom is -0.393 e. The molecule has 0 saturated heterocycles. The topological polar surface area (TPSA) is 66.4 Å². The van der Waals surface area contributed by atoms with Crippen molar-refractivity contribution in [2.24, 2.45) is 5.92 Å². The van der Waals surface area contributed by atoms with Gasteiger partial charge in [-0.2, -0.15) is 0 Å². The van der Waals surface area contributed by atoms with E-state index in [1.165, 1.54) is 0 Å². The van der Waals surface area contributed by atoms with E-state index in [1.807, 2.05) is 31.2 Å². The van der Waals surface area contributed by atoms with Gasteiger partial charge in [0.2, 0.25) is 10.0 Å². The van der Waals surface area contributed by atoms with Gasteiger partial charge in [-0.15, -0.1) is 0 Å². The van der Waals surface area contributed by atoms with Crippen LogP contribution in [0.2, 0.25) is 0 Å². The number of aliphatic hydroxyl groups is 1. The molecular weight excluding hydrogens is 262 g/mol. The standard InChI is InChI=1S/C14H21NO3S/c1-11-5-2-3-6-13(11)10-19(17,18)15-9-12-7-4-8-14(12)16/h2-3,5-6,12,14-16H,4,7-10H2,1H3. The van der Waals surface area contributed by atoms with Crippen LogP contribution in [-0.4, -0.2) is 26.2 Å². The van der Waals surface area contributed by atoms with Gasteiger partial charge >= 0.3 is 0 Å². The number of hydrogen-bond acceptors (Lipinski definition) is 3. The van der Waals surface area contributed by atoms with Gasteiger partial charge < -0.3 is 5.11 Å². The van der Waals surface area contributed by atoms with Crippen molar-refractivity contribution in [1.82, 2.24) is 4.72 Å². The molecule has 0 heterocycles. The molecule has 0 spiro atoms. The molecule has 0 bridgehead atoms. The van der Waals surface area contributed by atoms with E-state index < -0.39 is 10.0 Å². The van der Waals surface area contributed by atoms with Crippen molar-refractivity contribution in [3.05, 3.63) is 35.4 Å². The van der Waals surface area contributed by atoms with E-state index in [4.69, 9.17) is 0 Å². The van der Waals surface area contributed by atoms with Gasteiger partial charge in [-0.25, -0.2) is 13.1 Å². The molecule has 106 valence electrons. The Morgan fingerprint density at radius 2 is 2.05 bits per heavy atom. The molecule has 2 rings (SSSR count). The third-order valence-electron chi connectivity index (χ3n) is 3.79. The third-order valence-corrected chi connectivity index (χ3v) is 5.09. The van der Waals surface area contributed by atoms with Crippen LogP contribution in [0.1, 0.15) is 30.4 Å². The Balaban J connectivity index is 1.94. The fourth-order valence-electron chi connectivity index (χ4n) is 2.52. The Hall–Kier alpha value is -0.910. The van der Waals surface area contributed by atoms with Gasteiger partial charge in [-0.3, -0.25) is 0 Å². The first-order valence-corrected chi connectivity index (χ1v) is 8.33. The highest BCUT2D eigenvalue weighted by Gasteiger charge is 2.26. The number of aliphatic hydroxyl groups excluding tert-OH is 1. The molecule has 1 aromatic carbocycles. The summed E-state index contributed by atoms with van der Waals surface area (Å²) < 4.78 is 26.7. The molecule has 2 atom stereocenters. The Morgan fingerprint density at radius 3 is 2.68 bits per heavy atom. The molecule has 0 aromatic heterocycles. The van der Waals surface area contributed by atoms with Gasteiger partial charge in [0.1, 0.15) is 0 Å². The summed E-state index contributed by atoms with van der Waals surface area (Å²) >= 11 is 0. The minimum absolute atomic E-state index is 0.00247. The zero-order valence-electron chi connectivity index (χ0n) is 11.2. The first kappa shape index (κ1) is 14.5. The number of sulfonamides is 1. The summed E-state index contributed by atoms with van der Waals surface area (Å²) in [5.74, 6) is 0.0642. The minimum atomic E-state index is -3.33. The van der Waals surface area contributed by atoms with Crippen LogP contribution in [0.4, 0.5) is 0 Å². The van der Waals surface area contributed by atoms with Crippen molar-refractivity contribution >= 4 is 10.0 Å². The Kier molecular flexibility index (Phi) is 4.60. The van der Waals surface area contributed by atoms with Crippen molar-refractivity contribution < 1.29 is 13.5 Å². The molecule has 5 heteroatoms. The average Bonchev–Trinajstić information content (AvgIpc) is 2.75. The van der Waals surface area contributed by atoms with E-state index in [0.29, 0.717) is 6.54 Å². The number of nitrogens with one attached hydrogen (secondary N) is 1. The molecular formula is C14H21NO3S. The SMILES string of the molecule is Cc1ccccc1CS(=O)(=O)NCC1CCCC1O. The summed E-state index contributed by atoms with van der Waals surface area (Å²) in [7, 11) is -3.33. The quantitative estimate of drug-likeness (QED) is 0.862. The van der Waals surface area contributed by atoms with E-state index in [0.717, 1.165) is 30.4 Å². The van der Waals surface area contributed by atoms with Gasteiger partial charge in [0, 0.05) is 6.54 Å². The summed E-state index contributed by atoms with van der Waals surface area (Å²) in [5.41, 5.74) is 1.80. The van der Waals surface area contributed by atoms with Crippen molar-refractivity contribution in [2.45, 2.75) is 38.0 Å². The number of benzene rings is 1. The van der Waals surface area contributed by atoms with E-state index in [9.17, 15) is 13.5 Å². The maximum Gasteiger partial charge on any atom is 0.215 e. The molecule has 1 fully saturated rings. The molecule has 1 aliphatic rings. The van der Waals surface area contributed by atoms with E-state index in [-0.39, 0.29) is 17.8 Å². The molecule has 1 saturated carbocycles. The lowest BCUT2D eigenvalue weighted by molar-refractivity contribution is 0.134.